The molecule has 2 atom stereocenters. The van der Waals surface area contributed by atoms with Crippen LogP contribution in [0.25, 0.3) is 0 Å². The molecule has 0 unspecified atom stereocenters. The van der Waals surface area contributed by atoms with E-state index in [1.165, 1.54) is 12.3 Å². The lowest BCUT2D eigenvalue weighted by Gasteiger charge is -2.37. The minimum Gasteiger partial charge on any atom is -0.311 e. The molecule has 0 spiro atoms. The highest BCUT2D eigenvalue weighted by molar-refractivity contribution is 5.97. The maximum Gasteiger partial charge on any atom is 0.274 e. The van der Waals surface area contributed by atoms with Crippen molar-refractivity contribution in [3.05, 3.63) is 23.5 Å². The monoisotopic (exact) mass is 394 g/mol. The Balaban J connectivity index is 1.87. The lowest BCUT2D eigenvalue weighted by atomic mass is 9.91. The van der Waals surface area contributed by atoms with Gasteiger partial charge in [0.1, 0.15) is 0 Å². The second kappa shape index (κ2) is 7.67. The summed E-state index contributed by atoms with van der Waals surface area (Å²) in [4.78, 5) is 21.3. The summed E-state index contributed by atoms with van der Waals surface area (Å²) < 4.78 is 28.9. The van der Waals surface area contributed by atoms with Crippen molar-refractivity contribution in [2.75, 3.05) is 31.1 Å². The van der Waals surface area contributed by atoms with E-state index in [1.54, 1.807) is 11.8 Å². The molecule has 0 bridgehead atoms. The molecule has 0 aromatic carbocycles. The van der Waals surface area contributed by atoms with Crippen LogP contribution in [0, 0.1) is 0 Å². The predicted octanol–water partition coefficient (Wildman–Crippen LogP) is 3.28. The van der Waals surface area contributed by atoms with E-state index in [-0.39, 0.29) is 35.9 Å². The first kappa shape index (κ1) is 21.1. The van der Waals surface area contributed by atoms with E-state index >= 15 is 0 Å². The van der Waals surface area contributed by atoms with Crippen molar-refractivity contribution < 1.29 is 13.6 Å². The fourth-order valence-corrected chi connectivity index (χ4v) is 4.19. The van der Waals surface area contributed by atoms with Gasteiger partial charge in [-0.25, -0.2) is 8.78 Å². The molecular weight excluding hydrogens is 362 g/mol. The molecule has 28 heavy (non-hydrogen) atoms. The summed E-state index contributed by atoms with van der Waals surface area (Å²) in [6.07, 6.45) is 1.45. The minimum absolute atomic E-state index is 0.0504. The van der Waals surface area contributed by atoms with Crippen LogP contribution in [0.5, 0.6) is 0 Å². The second-order valence-electron chi connectivity index (χ2n) is 9.00. The predicted molar refractivity (Wildman–Crippen MR) is 107 cm³/mol. The Morgan fingerprint density at radius 1 is 1.39 bits per heavy atom. The number of carbonyl (C=O) groups excluding carboxylic acids is 1. The maximum atomic E-state index is 14.5. The standard InChI is InChI=1S/C21H32F2N4O/c1-6-7-21(22,23)16-8-17-19(25-10-16)20(4,5)13-27(17)18(28)12-26-11-14(2)24-9-15(26)3/h8,10,14-15,24H,6-7,9,11-13H2,1-5H3/t14-,15+/m1/s1. The highest BCUT2D eigenvalue weighted by Gasteiger charge is 2.42. The third-order valence-electron chi connectivity index (χ3n) is 5.87. The van der Waals surface area contributed by atoms with Crippen molar-refractivity contribution in [1.82, 2.24) is 15.2 Å². The van der Waals surface area contributed by atoms with Gasteiger partial charge in [0.2, 0.25) is 5.91 Å². The summed E-state index contributed by atoms with van der Waals surface area (Å²) in [5.41, 5.74) is 0.803. The van der Waals surface area contributed by atoms with Crippen molar-refractivity contribution >= 4 is 11.6 Å². The largest absolute Gasteiger partial charge is 0.311 e. The number of halogens is 2. The van der Waals surface area contributed by atoms with Crippen LogP contribution < -0.4 is 10.2 Å². The third kappa shape index (κ3) is 4.06. The molecule has 1 N–H and O–H groups in total. The first-order valence-electron chi connectivity index (χ1n) is 10.2. The molecular formula is C21H32F2N4O. The molecule has 1 aromatic heterocycles. The molecule has 5 nitrogen and oxygen atoms in total. The van der Waals surface area contributed by atoms with E-state index in [1.807, 2.05) is 13.8 Å². The molecule has 0 radical (unpaired) electrons. The van der Waals surface area contributed by atoms with E-state index in [0.717, 1.165) is 18.8 Å². The van der Waals surface area contributed by atoms with Crippen LogP contribution >= 0.6 is 0 Å². The summed E-state index contributed by atoms with van der Waals surface area (Å²) in [7, 11) is 0. The number of alkyl halides is 2. The van der Waals surface area contributed by atoms with Crippen LogP contribution in [0.3, 0.4) is 0 Å². The fraction of sp³-hybridized carbons (Fsp3) is 0.714. The zero-order valence-electron chi connectivity index (χ0n) is 17.6. The van der Waals surface area contributed by atoms with Gasteiger partial charge in [0.05, 0.1) is 17.9 Å². The van der Waals surface area contributed by atoms with Crippen LogP contribution in [-0.2, 0) is 16.1 Å². The van der Waals surface area contributed by atoms with Gasteiger partial charge in [-0.15, -0.1) is 0 Å². The normalized spacial score (nSPS) is 25.0. The zero-order chi connectivity index (χ0) is 20.7. The van der Waals surface area contributed by atoms with Crippen molar-refractivity contribution in [3.63, 3.8) is 0 Å². The number of fused-ring (bicyclic) bond motifs is 1. The van der Waals surface area contributed by atoms with Gasteiger partial charge < -0.3 is 10.2 Å². The average molecular weight is 395 g/mol. The first-order valence-corrected chi connectivity index (χ1v) is 10.2. The van der Waals surface area contributed by atoms with E-state index in [0.29, 0.717) is 24.7 Å². The van der Waals surface area contributed by atoms with Gasteiger partial charge >= 0.3 is 0 Å². The summed E-state index contributed by atoms with van der Waals surface area (Å²) in [6.45, 7) is 12.3. The molecule has 2 aliphatic rings. The number of hydrogen-bond acceptors (Lipinski definition) is 4. The molecule has 2 aliphatic heterocycles. The molecule has 7 heteroatoms. The van der Waals surface area contributed by atoms with Crippen LogP contribution in [-0.4, -0.2) is 54.1 Å². The Bertz CT molecular complexity index is 737. The van der Waals surface area contributed by atoms with Crippen LogP contribution in [0.1, 0.15) is 58.7 Å². The number of rotatable bonds is 5. The van der Waals surface area contributed by atoms with E-state index in [4.69, 9.17) is 0 Å². The molecule has 1 fully saturated rings. The second-order valence-corrected chi connectivity index (χ2v) is 9.00. The van der Waals surface area contributed by atoms with Gasteiger partial charge in [0.15, 0.2) is 0 Å². The van der Waals surface area contributed by atoms with Crippen LogP contribution in [0.15, 0.2) is 12.3 Å². The van der Waals surface area contributed by atoms with Gasteiger partial charge in [-0.3, -0.25) is 14.7 Å². The minimum atomic E-state index is -2.93. The Hall–Kier alpha value is -1.60. The van der Waals surface area contributed by atoms with Crippen molar-refractivity contribution in [2.45, 2.75) is 70.9 Å². The smallest absolute Gasteiger partial charge is 0.274 e. The van der Waals surface area contributed by atoms with Crippen LogP contribution in [0.2, 0.25) is 0 Å². The fourth-order valence-electron chi connectivity index (χ4n) is 4.19. The molecule has 3 rings (SSSR count). The van der Waals surface area contributed by atoms with Crippen molar-refractivity contribution in [3.8, 4) is 0 Å². The van der Waals surface area contributed by atoms with Crippen molar-refractivity contribution in [2.24, 2.45) is 0 Å². The third-order valence-corrected chi connectivity index (χ3v) is 5.87. The number of amides is 1. The SMILES string of the molecule is CCCC(F)(F)c1cnc2c(c1)N(C(=O)CN1C[C@@H](C)NC[C@@H]1C)CC2(C)C. The number of nitrogens with one attached hydrogen (secondary N) is 1. The Morgan fingerprint density at radius 2 is 2.11 bits per heavy atom. The average Bonchev–Trinajstić information content (AvgIpc) is 2.89. The Morgan fingerprint density at radius 3 is 2.79 bits per heavy atom. The molecule has 0 saturated carbocycles. The molecule has 1 amide bonds. The number of anilines is 1. The van der Waals surface area contributed by atoms with Crippen molar-refractivity contribution in [1.29, 1.82) is 0 Å². The van der Waals surface area contributed by atoms with E-state index < -0.39 is 5.92 Å². The van der Waals surface area contributed by atoms with Gasteiger partial charge in [0.25, 0.3) is 5.92 Å². The van der Waals surface area contributed by atoms with Gasteiger partial charge in [-0.05, 0) is 19.9 Å². The number of carbonyl (C=O) groups is 1. The molecule has 156 valence electrons. The number of nitrogens with zero attached hydrogens (tertiary/aromatic N) is 3. The Labute approximate surface area is 166 Å². The van der Waals surface area contributed by atoms with Crippen LogP contribution in [0.4, 0.5) is 14.5 Å². The summed E-state index contributed by atoms with van der Waals surface area (Å²) in [6, 6.07) is 2.06. The quantitative estimate of drug-likeness (QED) is 0.833. The lowest BCUT2D eigenvalue weighted by molar-refractivity contribution is -0.120. The van der Waals surface area contributed by atoms with Gasteiger partial charge in [-0.1, -0.05) is 27.2 Å². The van der Waals surface area contributed by atoms with Gasteiger partial charge in [0, 0.05) is 55.3 Å². The maximum absolute atomic E-state index is 14.5. The highest BCUT2D eigenvalue weighted by Crippen LogP contribution is 2.42. The van der Waals surface area contributed by atoms with Gasteiger partial charge in [-0.2, -0.15) is 0 Å². The Kier molecular flexibility index (Phi) is 5.79. The lowest BCUT2D eigenvalue weighted by Crippen LogP contribution is -2.56. The molecule has 3 heterocycles. The highest BCUT2D eigenvalue weighted by atomic mass is 19.3. The number of pyridine rings is 1. The zero-order valence-corrected chi connectivity index (χ0v) is 17.6. The molecule has 1 saturated heterocycles. The number of piperazine rings is 1. The molecule has 1 aromatic rings. The summed E-state index contributed by atoms with van der Waals surface area (Å²) >= 11 is 0. The van der Waals surface area contributed by atoms with E-state index in [9.17, 15) is 13.6 Å². The summed E-state index contributed by atoms with van der Waals surface area (Å²) in [5.74, 6) is -2.98. The van der Waals surface area contributed by atoms with E-state index in [2.05, 4.69) is 29.0 Å². The summed E-state index contributed by atoms with van der Waals surface area (Å²) in [5, 5.41) is 3.41. The topological polar surface area (TPSA) is 48.5 Å². The first-order chi connectivity index (χ1) is 13.0. The number of aromatic nitrogens is 1. The molecule has 0 aliphatic carbocycles. The number of hydrogen-bond donors (Lipinski definition) is 1.